The van der Waals surface area contributed by atoms with E-state index in [4.69, 9.17) is 9.47 Å². The maximum absolute atomic E-state index is 13.5. The molecule has 1 saturated heterocycles. The Bertz CT molecular complexity index is 1410. The van der Waals surface area contributed by atoms with Gasteiger partial charge in [0, 0.05) is 12.5 Å². The number of carbonyl (C=O) groups is 3. The zero-order valence-corrected chi connectivity index (χ0v) is 23.3. The highest BCUT2D eigenvalue weighted by molar-refractivity contribution is 7.18. The third kappa shape index (κ3) is 5.88. The second-order valence-electron chi connectivity index (χ2n) is 9.22. The molecule has 3 aromatic rings. The largest absolute Gasteiger partial charge is 0.507 e. The van der Waals surface area contributed by atoms with Gasteiger partial charge in [-0.3, -0.25) is 19.3 Å². The fraction of sp³-hybridized carbons (Fsp3) is 0.333. The molecule has 0 bridgehead atoms. The number of unbranched alkanes of at least 4 members (excludes halogenated alkanes) is 2. The number of aliphatic hydroxyl groups is 1. The molecule has 4 rings (SSSR count). The first kappa shape index (κ1) is 28.0. The van der Waals surface area contributed by atoms with Crippen LogP contribution in [0.15, 0.2) is 54.1 Å². The smallest absolute Gasteiger partial charge is 0.301 e. The molecule has 0 spiro atoms. The van der Waals surface area contributed by atoms with Gasteiger partial charge in [0.15, 0.2) is 10.9 Å². The van der Waals surface area contributed by atoms with E-state index in [1.54, 1.807) is 49.4 Å². The summed E-state index contributed by atoms with van der Waals surface area (Å²) in [6, 6.07) is 12.8. The molecule has 1 aliphatic rings. The summed E-state index contributed by atoms with van der Waals surface area (Å²) in [6.07, 6.45) is 3.02. The van der Waals surface area contributed by atoms with Gasteiger partial charge in [0.1, 0.15) is 17.3 Å². The minimum absolute atomic E-state index is 0.0653. The van der Waals surface area contributed by atoms with Gasteiger partial charge in [0.05, 0.1) is 35.4 Å². The van der Waals surface area contributed by atoms with Crippen molar-refractivity contribution in [2.45, 2.75) is 53.0 Å². The third-order valence-electron chi connectivity index (χ3n) is 6.38. The SMILES string of the molecule is CCCCCOc1cccc(C2C(=C(O)c3ccc(OCC)cc3)C(=O)C(=O)N2c2nc(C)c(C(C)=O)s2)c1. The number of aliphatic hydroxyl groups excluding tert-OH is 1. The third-order valence-corrected chi connectivity index (χ3v) is 7.64. The number of benzene rings is 2. The van der Waals surface area contributed by atoms with Crippen molar-refractivity contribution in [2.75, 3.05) is 18.1 Å². The lowest BCUT2D eigenvalue weighted by molar-refractivity contribution is -0.132. The standard InChI is InChI=1S/C30H32N2O6S/c1-5-7-8-16-38-23-11-9-10-21(17-23)25-24(26(34)20-12-14-22(15-13-20)37-6-2)27(35)29(36)32(25)30-31-18(3)28(39-30)19(4)33/h9-15,17,25,34H,5-8,16H2,1-4H3. The Hall–Kier alpha value is -3.98. The van der Waals surface area contributed by atoms with Gasteiger partial charge in [-0.25, -0.2) is 4.98 Å². The van der Waals surface area contributed by atoms with Crippen LogP contribution in [-0.4, -0.2) is 40.8 Å². The van der Waals surface area contributed by atoms with Crippen LogP contribution in [0.25, 0.3) is 5.76 Å². The highest BCUT2D eigenvalue weighted by atomic mass is 32.1. The highest BCUT2D eigenvalue weighted by Gasteiger charge is 2.48. The van der Waals surface area contributed by atoms with E-state index in [2.05, 4.69) is 11.9 Å². The van der Waals surface area contributed by atoms with Crippen LogP contribution in [0.1, 0.15) is 72.6 Å². The van der Waals surface area contributed by atoms with Crippen molar-refractivity contribution in [3.63, 3.8) is 0 Å². The van der Waals surface area contributed by atoms with E-state index >= 15 is 0 Å². The zero-order chi connectivity index (χ0) is 28.1. The molecule has 39 heavy (non-hydrogen) atoms. The number of carbonyl (C=O) groups excluding carboxylic acids is 3. The molecule has 8 nitrogen and oxygen atoms in total. The van der Waals surface area contributed by atoms with Gasteiger partial charge in [0.25, 0.3) is 5.78 Å². The maximum atomic E-state index is 13.5. The van der Waals surface area contributed by atoms with Crippen LogP contribution in [0, 0.1) is 6.92 Å². The summed E-state index contributed by atoms with van der Waals surface area (Å²) in [5.41, 5.74) is 1.35. The van der Waals surface area contributed by atoms with Gasteiger partial charge in [-0.1, -0.05) is 43.2 Å². The van der Waals surface area contributed by atoms with E-state index in [-0.39, 0.29) is 22.2 Å². The average Bonchev–Trinajstić information content (AvgIpc) is 3.44. The first-order chi connectivity index (χ1) is 18.8. The van der Waals surface area contributed by atoms with E-state index in [1.165, 1.54) is 11.8 Å². The number of Topliss-reactive ketones (excluding diaryl/α,β-unsaturated/α-hetero) is 2. The summed E-state index contributed by atoms with van der Waals surface area (Å²) in [6.45, 7) is 8.13. The molecule has 1 aromatic heterocycles. The number of aromatic nitrogens is 1. The Kier molecular flexibility index (Phi) is 8.81. The average molecular weight is 549 g/mol. The number of amides is 1. The number of thiazole rings is 1. The Morgan fingerprint density at radius 3 is 2.44 bits per heavy atom. The molecule has 0 aliphatic carbocycles. The number of anilines is 1. The van der Waals surface area contributed by atoms with Gasteiger partial charge in [-0.2, -0.15) is 0 Å². The molecule has 1 atom stereocenters. The van der Waals surface area contributed by atoms with Crippen LogP contribution in [0.5, 0.6) is 11.5 Å². The second kappa shape index (κ2) is 12.3. The molecule has 1 N–H and O–H groups in total. The Morgan fingerprint density at radius 2 is 1.79 bits per heavy atom. The van der Waals surface area contributed by atoms with Crippen molar-refractivity contribution in [3.05, 3.63) is 75.8 Å². The zero-order valence-electron chi connectivity index (χ0n) is 22.5. The minimum atomic E-state index is -0.971. The number of rotatable bonds is 11. The fourth-order valence-electron chi connectivity index (χ4n) is 4.50. The lowest BCUT2D eigenvalue weighted by Crippen LogP contribution is -2.29. The number of nitrogens with zero attached hydrogens (tertiary/aromatic N) is 2. The highest BCUT2D eigenvalue weighted by Crippen LogP contribution is 2.44. The van der Waals surface area contributed by atoms with Gasteiger partial charge < -0.3 is 14.6 Å². The number of ether oxygens (including phenoxy) is 2. The predicted octanol–water partition coefficient (Wildman–Crippen LogP) is 6.25. The summed E-state index contributed by atoms with van der Waals surface area (Å²) in [4.78, 5) is 45.2. The molecule has 2 aromatic carbocycles. The molecule has 0 saturated carbocycles. The van der Waals surface area contributed by atoms with Crippen molar-refractivity contribution < 1.29 is 29.0 Å². The van der Waals surface area contributed by atoms with E-state index in [0.29, 0.717) is 46.4 Å². The first-order valence-corrected chi connectivity index (χ1v) is 13.8. The summed E-state index contributed by atoms with van der Waals surface area (Å²) in [5, 5.41) is 11.6. The van der Waals surface area contributed by atoms with Gasteiger partial charge >= 0.3 is 5.91 Å². The summed E-state index contributed by atoms with van der Waals surface area (Å²) in [7, 11) is 0. The summed E-state index contributed by atoms with van der Waals surface area (Å²) in [5.74, 6) is -0.938. The van der Waals surface area contributed by atoms with E-state index in [0.717, 1.165) is 30.6 Å². The number of aryl methyl sites for hydroxylation is 1. The van der Waals surface area contributed by atoms with Crippen LogP contribution in [0.3, 0.4) is 0 Å². The molecule has 2 heterocycles. The molecule has 0 radical (unpaired) electrons. The number of ketones is 2. The Balaban J connectivity index is 1.84. The number of hydrogen-bond donors (Lipinski definition) is 1. The van der Waals surface area contributed by atoms with E-state index in [9.17, 15) is 19.5 Å². The molecule has 204 valence electrons. The first-order valence-electron chi connectivity index (χ1n) is 13.0. The van der Waals surface area contributed by atoms with Gasteiger partial charge in [-0.15, -0.1) is 0 Å². The van der Waals surface area contributed by atoms with E-state index < -0.39 is 17.7 Å². The van der Waals surface area contributed by atoms with Gasteiger partial charge in [-0.05, 0) is 62.2 Å². The van der Waals surface area contributed by atoms with Crippen LogP contribution in [0.2, 0.25) is 0 Å². The summed E-state index contributed by atoms with van der Waals surface area (Å²) < 4.78 is 11.4. The monoisotopic (exact) mass is 548 g/mol. The van der Waals surface area contributed by atoms with Crippen LogP contribution in [-0.2, 0) is 9.59 Å². The van der Waals surface area contributed by atoms with Crippen LogP contribution < -0.4 is 14.4 Å². The lowest BCUT2D eigenvalue weighted by Gasteiger charge is -2.23. The second-order valence-corrected chi connectivity index (χ2v) is 10.2. The van der Waals surface area contributed by atoms with Crippen molar-refractivity contribution in [2.24, 2.45) is 0 Å². The van der Waals surface area contributed by atoms with Gasteiger partial charge in [0.2, 0.25) is 0 Å². The molecular weight excluding hydrogens is 516 g/mol. The molecule has 1 amide bonds. The van der Waals surface area contributed by atoms with E-state index in [1.807, 2.05) is 13.0 Å². The fourth-order valence-corrected chi connectivity index (χ4v) is 5.49. The molecule has 1 aliphatic heterocycles. The molecule has 1 unspecified atom stereocenters. The van der Waals surface area contributed by atoms with Crippen LogP contribution >= 0.6 is 11.3 Å². The topological polar surface area (TPSA) is 106 Å². The number of hydrogen-bond acceptors (Lipinski definition) is 8. The minimum Gasteiger partial charge on any atom is -0.507 e. The van der Waals surface area contributed by atoms with Crippen molar-refractivity contribution in [1.82, 2.24) is 4.98 Å². The van der Waals surface area contributed by atoms with Crippen molar-refractivity contribution in [1.29, 1.82) is 0 Å². The Morgan fingerprint density at radius 1 is 1.05 bits per heavy atom. The van der Waals surface area contributed by atoms with Crippen LogP contribution in [0.4, 0.5) is 5.13 Å². The molecule has 9 heteroatoms. The summed E-state index contributed by atoms with van der Waals surface area (Å²) >= 11 is 1.05. The Labute approximate surface area is 231 Å². The lowest BCUT2D eigenvalue weighted by atomic mass is 9.95. The normalized spacial score (nSPS) is 16.5. The van der Waals surface area contributed by atoms with Crippen molar-refractivity contribution >= 4 is 39.7 Å². The predicted molar refractivity (Wildman–Crippen MR) is 151 cm³/mol. The molecule has 1 fully saturated rings. The quantitative estimate of drug-likeness (QED) is 0.0993. The maximum Gasteiger partial charge on any atom is 0.301 e. The van der Waals surface area contributed by atoms with Crippen molar-refractivity contribution in [3.8, 4) is 11.5 Å². The molecular formula is C30H32N2O6S.